The molecule has 1 aliphatic rings. The fraction of sp³-hybridized carbons (Fsp3) is 0.500. The monoisotopic (exact) mass is 406 g/mol. The number of rotatable bonds is 10. The van der Waals surface area contributed by atoms with Crippen molar-refractivity contribution in [3.8, 4) is 5.75 Å². The minimum absolute atomic E-state index is 0.0584. The SMILES string of the molecule is CCOC(=COCC=C=O)CNC1c2cc([N+](=O)[O-])ccc2O[C@@](C)(CC)[C@@H]1O. The van der Waals surface area contributed by atoms with Gasteiger partial charge in [0.05, 0.1) is 24.1 Å². The van der Waals surface area contributed by atoms with Gasteiger partial charge in [-0.1, -0.05) is 6.92 Å². The van der Waals surface area contributed by atoms with Crippen molar-refractivity contribution in [3.63, 3.8) is 0 Å². The van der Waals surface area contributed by atoms with Gasteiger partial charge in [-0.3, -0.25) is 10.1 Å². The minimum Gasteiger partial charge on any atom is -0.494 e. The van der Waals surface area contributed by atoms with Crippen LogP contribution in [0.4, 0.5) is 5.69 Å². The van der Waals surface area contributed by atoms with E-state index in [0.717, 1.165) is 0 Å². The van der Waals surface area contributed by atoms with Gasteiger partial charge in [-0.15, -0.1) is 0 Å². The van der Waals surface area contributed by atoms with Gasteiger partial charge >= 0.3 is 0 Å². The number of benzene rings is 1. The summed E-state index contributed by atoms with van der Waals surface area (Å²) in [5.74, 6) is 2.55. The van der Waals surface area contributed by atoms with Crippen molar-refractivity contribution in [2.75, 3.05) is 19.8 Å². The van der Waals surface area contributed by atoms with Crippen LogP contribution in [0.1, 0.15) is 38.8 Å². The third kappa shape index (κ3) is 5.35. The molecule has 1 aliphatic heterocycles. The summed E-state index contributed by atoms with van der Waals surface area (Å²) in [6.07, 6.45) is 2.16. The van der Waals surface area contributed by atoms with Crippen LogP contribution in [0, 0.1) is 10.1 Å². The Hall–Kier alpha value is -2.87. The van der Waals surface area contributed by atoms with Crippen LogP contribution in [0.3, 0.4) is 0 Å². The summed E-state index contributed by atoms with van der Waals surface area (Å²) in [5, 5.41) is 25.3. The molecule has 0 amide bonds. The minimum atomic E-state index is -0.955. The zero-order chi connectivity index (χ0) is 21.4. The number of carbonyl (C=O) groups excluding carboxylic acids is 1. The fourth-order valence-electron chi connectivity index (χ4n) is 3.07. The standard InChI is InChI=1S/C20H26N2O7/c1-4-20(3)19(24)18(16-11-14(22(25)26)7-8-17(16)29-20)21-12-15(28-5-2)13-27-10-6-9-23/h6-8,11,13,18-19,21,24H,4-5,10,12H2,1-3H3/t18?,19-,20+/m1/s1. The number of aliphatic hydroxyl groups is 1. The van der Waals surface area contributed by atoms with Crippen molar-refractivity contribution in [2.24, 2.45) is 0 Å². The van der Waals surface area contributed by atoms with Gasteiger partial charge in [0.2, 0.25) is 0 Å². The van der Waals surface area contributed by atoms with Crippen LogP contribution < -0.4 is 10.1 Å². The Morgan fingerprint density at radius 3 is 2.86 bits per heavy atom. The predicted molar refractivity (Wildman–Crippen MR) is 105 cm³/mol. The summed E-state index contributed by atoms with van der Waals surface area (Å²) in [4.78, 5) is 20.9. The zero-order valence-electron chi connectivity index (χ0n) is 16.7. The highest BCUT2D eigenvalue weighted by Crippen LogP contribution is 2.42. The normalized spacial score (nSPS) is 23.4. The summed E-state index contributed by atoms with van der Waals surface area (Å²) in [5.41, 5.74) is -0.448. The van der Waals surface area contributed by atoms with Crippen molar-refractivity contribution in [1.82, 2.24) is 5.32 Å². The molecule has 0 aromatic heterocycles. The molecule has 1 heterocycles. The predicted octanol–water partition coefficient (Wildman–Crippen LogP) is 2.43. The van der Waals surface area contributed by atoms with E-state index in [0.29, 0.717) is 30.1 Å². The highest BCUT2D eigenvalue weighted by molar-refractivity contribution is 5.48. The van der Waals surface area contributed by atoms with Crippen LogP contribution in [0.5, 0.6) is 5.75 Å². The van der Waals surface area contributed by atoms with E-state index in [1.807, 2.05) is 13.8 Å². The van der Waals surface area contributed by atoms with Crippen molar-refractivity contribution in [3.05, 3.63) is 52.0 Å². The molecule has 1 aromatic carbocycles. The lowest BCUT2D eigenvalue weighted by Gasteiger charge is -2.44. The number of hydrogen-bond acceptors (Lipinski definition) is 8. The summed E-state index contributed by atoms with van der Waals surface area (Å²) < 4.78 is 16.7. The van der Waals surface area contributed by atoms with E-state index in [9.17, 15) is 20.0 Å². The van der Waals surface area contributed by atoms with E-state index in [1.54, 1.807) is 18.9 Å². The maximum atomic E-state index is 11.2. The molecule has 0 bridgehead atoms. The largest absolute Gasteiger partial charge is 0.494 e. The first kappa shape index (κ1) is 22.4. The van der Waals surface area contributed by atoms with E-state index in [2.05, 4.69) is 5.32 Å². The maximum Gasteiger partial charge on any atom is 0.270 e. The highest BCUT2D eigenvalue weighted by atomic mass is 16.6. The quantitative estimate of drug-likeness (QED) is 0.200. The summed E-state index contributed by atoms with van der Waals surface area (Å²) >= 11 is 0. The van der Waals surface area contributed by atoms with Crippen LogP contribution in [-0.4, -0.2) is 47.4 Å². The Bertz CT molecular complexity index is 804. The topological polar surface area (TPSA) is 120 Å². The molecule has 0 saturated heterocycles. The highest BCUT2D eigenvalue weighted by Gasteiger charge is 2.45. The Morgan fingerprint density at radius 2 is 2.24 bits per heavy atom. The van der Waals surface area contributed by atoms with E-state index < -0.39 is 22.7 Å². The van der Waals surface area contributed by atoms with Crippen LogP contribution >= 0.6 is 0 Å². The third-order valence-corrected chi connectivity index (χ3v) is 4.83. The first-order chi connectivity index (χ1) is 13.9. The molecule has 0 fully saturated rings. The van der Waals surface area contributed by atoms with Gasteiger partial charge in [-0.05, 0) is 26.3 Å². The van der Waals surface area contributed by atoms with E-state index >= 15 is 0 Å². The Balaban J connectivity index is 2.29. The van der Waals surface area contributed by atoms with Gasteiger partial charge in [0.1, 0.15) is 42.0 Å². The lowest BCUT2D eigenvalue weighted by Crippen LogP contribution is -2.54. The zero-order valence-corrected chi connectivity index (χ0v) is 16.7. The summed E-state index contributed by atoms with van der Waals surface area (Å²) in [6.45, 7) is 6.16. The molecular formula is C20H26N2O7. The third-order valence-electron chi connectivity index (χ3n) is 4.83. The molecule has 0 saturated carbocycles. The maximum absolute atomic E-state index is 11.2. The second-order valence-corrected chi connectivity index (χ2v) is 6.72. The van der Waals surface area contributed by atoms with Crippen molar-refractivity contribution >= 4 is 11.6 Å². The lowest BCUT2D eigenvalue weighted by molar-refractivity contribution is -0.385. The van der Waals surface area contributed by atoms with Gasteiger partial charge in [-0.25, -0.2) is 4.79 Å². The van der Waals surface area contributed by atoms with E-state index in [4.69, 9.17) is 14.2 Å². The molecule has 9 heteroatoms. The number of non-ortho nitro benzene ring substituents is 1. The molecule has 2 rings (SSSR count). The average Bonchev–Trinajstić information content (AvgIpc) is 2.71. The van der Waals surface area contributed by atoms with Crippen molar-refractivity contribution in [2.45, 2.75) is 44.9 Å². The number of nitrogens with zero attached hydrogens (tertiary/aromatic N) is 1. The first-order valence-electron chi connectivity index (χ1n) is 9.37. The Morgan fingerprint density at radius 1 is 1.48 bits per heavy atom. The lowest BCUT2D eigenvalue weighted by atomic mass is 9.83. The number of nitro benzene ring substituents is 1. The molecule has 9 nitrogen and oxygen atoms in total. The second kappa shape index (κ2) is 10.1. The number of nitro groups is 1. The average molecular weight is 406 g/mol. The molecular weight excluding hydrogens is 380 g/mol. The summed E-state index contributed by atoms with van der Waals surface area (Å²) in [6, 6.07) is 3.71. The van der Waals surface area contributed by atoms with Crippen molar-refractivity contribution < 1.29 is 29.0 Å². The molecule has 0 spiro atoms. The number of fused-ring (bicyclic) bond motifs is 1. The molecule has 3 atom stereocenters. The van der Waals surface area contributed by atoms with Crippen molar-refractivity contribution in [1.29, 1.82) is 0 Å². The number of aliphatic hydroxyl groups excluding tert-OH is 1. The van der Waals surface area contributed by atoms with Gasteiger partial charge in [0.25, 0.3) is 5.69 Å². The number of ether oxygens (including phenoxy) is 3. The van der Waals surface area contributed by atoms with Crippen LogP contribution in [0.25, 0.3) is 0 Å². The van der Waals surface area contributed by atoms with Gasteiger partial charge in [0.15, 0.2) is 0 Å². The van der Waals surface area contributed by atoms with Crippen LogP contribution in [0.2, 0.25) is 0 Å². The van der Waals surface area contributed by atoms with E-state index in [-0.39, 0.29) is 18.8 Å². The van der Waals surface area contributed by atoms with Crippen LogP contribution in [0.15, 0.2) is 36.3 Å². The van der Waals surface area contributed by atoms with Gasteiger partial charge in [0, 0.05) is 23.8 Å². The molecule has 0 radical (unpaired) electrons. The molecule has 1 unspecified atom stereocenters. The second-order valence-electron chi connectivity index (χ2n) is 6.72. The van der Waals surface area contributed by atoms with Crippen LogP contribution in [-0.2, 0) is 14.3 Å². The molecule has 158 valence electrons. The van der Waals surface area contributed by atoms with Gasteiger partial charge < -0.3 is 24.6 Å². The molecule has 1 aromatic rings. The van der Waals surface area contributed by atoms with Gasteiger partial charge in [-0.2, -0.15) is 0 Å². The Kier molecular flexibility index (Phi) is 7.78. The molecule has 29 heavy (non-hydrogen) atoms. The first-order valence-corrected chi connectivity index (χ1v) is 9.37. The summed E-state index contributed by atoms with van der Waals surface area (Å²) in [7, 11) is 0. The molecule has 0 aliphatic carbocycles. The smallest absolute Gasteiger partial charge is 0.270 e. The molecule has 2 N–H and O–H groups in total. The number of hydrogen-bond donors (Lipinski definition) is 2. The number of nitrogens with one attached hydrogen (secondary N) is 1. The van der Waals surface area contributed by atoms with E-state index in [1.165, 1.54) is 24.5 Å². The Labute approximate surface area is 169 Å². The fourth-order valence-corrected chi connectivity index (χ4v) is 3.07.